The van der Waals surface area contributed by atoms with Crippen molar-refractivity contribution in [1.29, 1.82) is 5.26 Å². The van der Waals surface area contributed by atoms with Crippen molar-refractivity contribution in [2.45, 2.75) is 24.9 Å². The first kappa shape index (κ1) is 17.3. The van der Waals surface area contributed by atoms with E-state index in [2.05, 4.69) is 19.9 Å². The Labute approximate surface area is 152 Å². The van der Waals surface area contributed by atoms with Gasteiger partial charge < -0.3 is 9.88 Å². The van der Waals surface area contributed by atoms with Gasteiger partial charge in [0.2, 0.25) is 6.19 Å². The molecule has 3 aromatic rings. The Morgan fingerprint density at radius 1 is 1.37 bits per heavy atom. The van der Waals surface area contributed by atoms with Crippen molar-refractivity contribution < 1.29 is 13.2 Å². The molecule has 4 rings (SSSR count). The summed E-state index contributed by atoms with van der Waals surface area (Å²) >= 11 is 0. The second-order valence-electron chi connectivity index (χ2n) is 6.51. The number of nitrogens with zero attached hydrogens (tertiary/aromatic N) is 5. The number of pyridine rings is 2. The molecule has 0 radical (unpaired) electrons. The molecular weight excluding hydrogens is 357 g/mol. The smallest absolute Gasteiger partial charge is 0.358 e. The number of hydrogen-bond acceptors (Lipinski definition) is 4. The Balaban J connectivity index is 1.69. The third kappa shape index (κ3) is 3.30. The third-order valence-corrected chi connectivity index (χ3v) is 4.85. The van der Waals surface area contributed by atoms with Gasteiger partial charge in [-0.1, -0.05) is 0 Å². The van der Waals surface area contributed by atoms with E-state index in [1.807, 2.05) is 12.1 Å². The molecule has 1 saturated heterocycles. The molecule has 1 fully saturated rings. The summed E-state index contributed by atoms with van der Waals surface area (Å²) in [7, 11) is 0. The van der Waals surface area contributed by atoms with Crippen LogP contribution in [0.4, 0.5) is 13.2 Å². The van der Waals surface area contributed by atoms with Crippen LogP contribution in [0.15, 0.2) is 35.7 Å². The second-order valence-corrected chi connectivity index (χ2v) is 6.51. The van der Waals surface area contributed by atoms with Gasteiger partial charge in [0, 0.05) is 42.2 Å². The van der Waals surface area contributed by atoms with Crippen LogP contribution in [0.1, 0.15) is 24.3 Å². The number of likely N-dealkylation sites (tertiary alicyclic amines) is 1. The summed E-state index contributed by atoms with van der Waals surface area (Å²) in [6.45, 7) is 0.802. The summed E-state index contributed by atoms with van der Waals surface area (Å²) in [6, 6.07) is 3.84. The zero-order chi connectivity index (χ0) is 19.0. The van der Waals surface area contributed by atoms with E-state index in [1.165, 1.54) is 6.19 Å². The highest BCUT2D eigenvalue weighted by atomic mass is 19.4. The van der Waals surface area contributed by atoms with Crippen molar-refractivity contribution in [2.75, 3.05) is 13.1 Å². The highest BCUT2D eigenvalue weighted by Gasteiger charge is 2.35. The predicted octanol–water partition coefficient (Wildman–Crippen LogP) is 3.73. The van der Waals surface area contributed by atoms with E-state index in [4.69, 9.17) is 5.26 Å². The first-order valence-corrected chi connectivity index (χ1v) is 8.44. The number of fused-ring (bicyclic) bond motifs is 3. The van der Waals surface area contributed by atoms with Crippen molar-refractivity contribution in [3.8, 4) is 6.19 Å². The average molecular weight is 372 g/mol. The fourth-order valence-electron chi connectivity index (χ4n) is 3.73. The molecule has 0 aromatic carbocycles. The number of aromatic nitrogens is 3. The highest BCUT2D eigenvalue weighted by molar-refractivity contribution is 6.05. The molecule has 0 saturated carbocycles. The fraction of sp³-hybridized carbons (Fsp3) is 0.333. The molecule has 0 amide bonds. The van der Waals surface area contributed by atoms with Crippen LogP contribution in [0, 0.1) is 11.5 Å². The number of H-pyrrole nitrogens is 1. The summed E-state index contributed by atoms with van der Waals surface area (Å²) in [6.07, 6.45) is 1.76. The van der Waals surface area contributed by atoms with Gasteiger partial charge in [-0.3, -0.25) is 4.98 Å². The SMILES string of the molecule is N#C/N=C(\CC(F)(F)F)N1CC[C@@H](c2ccnc3cnc4[nH]ccc4c23)C1. The van der Waals surface area contributed by atoms with Crippen LogP contribution >= 0.6 is 0 Å². The number of rotatable bonds is 2. The van der Waals surface area contributed by atoms with E-state index in [0.717, 1.165) is 27.5 Å². The van der Waals surface area contributed by atoms with Gasteiger partial charge in [-0.25, -0.2) is 4.98 Å². The molecule has 9 heteroatoms. The lowest BCUT2D eigenvalue weighted by molar-refractivity contribution is -0.122. The first-order chi connectivity index (χ1) is 13.0. The molecule has 4 heterocycles. The number of hydrogen-bond donors (Lipinski definition) is 1. The van der Waals surface area contributed by atoms with Gasteiger partial charge in [0.15, 0.2) is 0 Å². The average Bonchev–Trinajstić information content (AvgIpc) is 3.29. The zero-order valence-electron chi connectivity index (χ0n) is 14.2. The first-order valence-electron chi connectivity index (χ1n) is 8.44. The molecule has 138 valence electrons. The molecule has 0 unspecified atom stereocenters. The lowest BCUT2D eigenvalue weighted by Crippen LogP contribution is -2.32. The van der Waals surface area contributed by atoms with Gasteiger partial charge >= 0.3 is 6.18 Å². The van der Waals surface area contributed by atoms with Crippen LogP contribution in [0.2, 0.25) is 0 Å². The number of halogens is 3. The van der Waals surface area contributed by atoms with E-state index < -0.39 is 12.6 Å². The highest BCUT2D eigenvalue weighted by Crippen LogP contribution is 2.35. The molecule has 0 spiro atoms. The zero-order valence-corrected chi connectivity index (χ0v) is 14.2. The summed E-state index contributed by atoms with van der Waals surface area (Å²) in [5.74, 6) is -0.201. The Bertz CT molecular complexity index is 1060. The van der Waals surface area contributed by atoms with Gasteiger partial charge in [-0.2, -0.15) is 23.4 Å². The predicted molar refractivity (Wildman–Crippen MR) is 94.0 cm³/mol. The second kappa shape index (κ2) is 6.54. The van der Waals surface area contributed by atoms with Gasteiger partial charge in [0.1, 0.15) is 17.9 Å². The van der Waals surface area contributed by atoms with Gasteiger partial charge in [0.05, 0.1) is 11.7 Å². The van der Waals surface area contributed by atoms with E-state index in [-0.39, 0.29) is 11.8 Å². The van der Waals surface area contributed by atoms with Crippen molar-refractivity contribution in [2.24, 2.45) is 4.99 Å². The van der Waals surface area contributed by atoms with Crippen molar-refractivity contribution in [3.63, 3.8) is 0 Å². The Hall–Kier alpha value is -3.15. The topological polar surface area (TPSA) is 81.0 Å². The Morgan fingerprint density at radius 3 is 3.00 bits per heavy atom. The van der Waals surface area contributed by atoms with Gasteiger partial charge in [-0.05, 0) is 24.1 Å². The minimum Gasteiger partial charge on any atom is -0.358 e. The van der Waals surface area contributed by atoms with Crippen LogP contribution in [0.25, 0.3) is 21.9 Å². The van der Waals surface area contributed by atoms with E-state index in [0.29, 0.717) is 19.5 Å². The number of nitriles is 1. The number of alkyl halides is 3. The molecule has 1 aliphatic heterocycles. The summed E-state index contributed by atoms with van der Waals surface area (Å²) in [4.78, 5) is 16.8. The number of amidine groups is 1. The van der Waals surface area contributed by atoms with Crippen LogP contribution < -0.4 is 0 Å². The van der Waals surface area contributed by atoms with Gasteiger partial charge in [-0.15, -0.1) is 0 Å². The van der Waals surface area contributed by atoms with E-state index in [9.17, 15) is 13.2 Å². The lowest BCUT2D eigenvalue weighted by Gasteiger charge is -2.21. The molecule has 1 N–H and O–H groups in total. The van der Waals surface area contributed by atoms with Gasteiger partial charge in [0.25, 0.3) is 0 Å². The maximum Gasteiger partial charge on any atom is 0.396 e. The summed E-state index contributed by atoms with van der Waals surface area (Å²) < 4.78 is 38.4. The standard InChI is InChI=1S/C18H15F3N6/c19-18(20,21)7-15(26-10-22)27-6-3-11(9-27)12-1-4-23-14-8-25-17-13(16(12)14)2-5-24-17/h1-2,4-5,8,11H,3,6-7,9H2,(H,24,25)/b26-15+/t11-/m1/s1. The molecular formula is C18H15F3N6. The van der Waals surface area contributed by atoms with Crippen molar-refractivity contribution >= 4 is 27.8 Å². The van der Waals surface area contributed by atoms with Crippen LogP contribution in [-0.4, -0.2) is 45.0 Å². The van der Waals surface area contributed by atoms with Crippen molar-refractivity contribution in [1.82, 2.24) is 19.9 Å². The van der Waals surface area contributed by atoms with Crippen LogP contribution in [0.5, 0.6) is 0 Å². The number of aromatic amines is 1. The third-order valence-electron chi connectivity index (χ3n) is 4.85. The minimum absolute atomic E-state index is 0.0214. The summed E-state index contributed by atoms with van der Waals surface area (Å²) in [5, 5.41) is 10.7. The summed E-state index contributed by atoms with van der Waals surface area (Å²) in [5.41, 5.74) is 2.52. The molecule has 0 bridgehead atoms. The fourth-order valence-corrected chi connectivity index (χ4v) is 3.73. The lowest BCUT2D eigenvalue weighted by atomic mass is 9.94. The quantitative estimate of drug-likeness (QED) is 0.422. The van der Waals surface area contributed by atoms with E-state index in [1.54, 1.807) is 23.5 Å². The molecule has 0 aliphatic carbocycles. The van der Waals surface area contributed by atoms with Crippen LogP contribution in [-0.2, 0) is 0 Å². The largest absolute Gasteiger partial charge is 0.396 e. The monoisotopic (exact) mass is 372 g/mol. The van der Waals surface area contributed by atoms with Crippen LogP contribution in [0.3, 0.4) is 0 Å². The molecule has 1 aliphatic rings. The number of nitrogens with one attached hydrogen (secondary N) is 1. The Morgan fingerprint density at radius 2 is 2.22 bits per heavy atom. The maximum atomic E-state index is 12.8. The van der Waals surface area contributed by atoms with E-state index >= 15 is 0 Å². The molecule has 3 aromatic heterocycles. The maximum absolute atomic E-state index is 12.8. The molecule has 27 heavy (non-hydrogen) atoms. The normalized spacial score (nSPS) is 18.4. The number of aliphatic imine (C=N–C) groups is 1. The Kier molecular flexibility index (Phi) is 4.18. The molecule has 6 nitrogen and oxygen atoms in total. The molecule has 1 atom stereocenters. The minimum atomic E-state index is -4.40. The van der Waals surface area contributed by atoms with Crippen molar-refractivity contribution in [3.05, 3.63) is 36.3 Å².